The monoisotopic (exact) mass is 500 g/mol. The minimum atomic E-state index is -0.337. The first-order valence-corrected chi connectivity index (χ1v) is 13.8. The number of nitrogens with zero attached hydrogens (tertiary/aromatic N) is 2. The molecule has 1 aromatic heterocycles. The number of thiazole rings is 1. The number of rotatable bonds is 7. The standard InChI is InChI=1S/C29H32N4O2S/c1-2-23-25(28-31-24(18-36-28)20-12-7-4-8-13-20)26(33-29(35)32-23)21-14-9-15-22(16-21)27(34)30-17-19-10-5-3-6-11-19/h3,5-6,9-11,14-16,18,20,25-26H,2,4,7-8,12-13,17H2,1H3,(H,30,34)(H,33,35). The molecule has 0 radical (unpaired) electrons. The lowest BCUT2D eigenvalue weighted by Gasteiger charge is -2.31. The maximum atomic E-state index is 12.9. The predicted octanol–water partition coefficient (Wildman–Crippen LogP) is 6.52. The van der Waals surface area contributed by atoms with Crippen molar-refractivity contribution in [1.82, 2.24) is 15.6 Å². The van der Waals surface area contributed by atoms with Crippen LogP contribution in [0, 0.1) is 0 Å². The van der Waals surface area contributed by atoms with E-state index in [4.69, 9.17) is 4.98 Å². The van der Waals surface area contributed by atoms with E-state index in [0.29, 0.717) is 24.4 Å². The van der Waals surface area contributed by atoms with Gasteiger partial charge in [0.25, 0.3) is 5.91 Å². The van der Waals surface area contributed by atoms with E-state index in [1.54, 1.807) is 11.3 Å². The van der Waals surface area contributed by atoms with Crippen molar-refractivity contribution in [1.29, 1.82) is 0 Å². The van der Waals surface area contributed by atoms with Gasteiger partial charge in [-0.15, -0.1) is 11.3 Å². The van der Waals surface area contributed by atoms with E-state index < -0.39 is 0 Å². The maximum absolute atomic E-state index is 12.9. The number of urea groups is 1. The number of carbonyl (C=O) groups excluding carboxylic acids is 2. The number of hydrogen-bond acceptors (Lipinski definition) is 4. The topological polar surface area (TPSA) is 83.5 Å². The molecule has 6 nitrogen and oxygen atoms in total. The largest absolute Gasteiger partial charge is 0.348 e. The molecule has 186 valence electrons. The molecular weight excluding hydrogens is 468 g/mol. The van der Waals surface area contributed by atoms with Crippen molar-refractivity contribution in [2.45, 2.75) is 69.9 Å². The molecular formula is C29H32N4O2S. The molecule has 7 heteroatoms. The van der Waals surface area contributed by atoms with Crippen molar-refractivity contribution in [3.8, 4) is 0 Å². The van der Waals surface area contributed by atoms with Gasteiger partial charge in [0.1, 0.15) is 5.01 Å². The van der Waals surface area contributed by atoms with Gasteiger partial charge >= 0.3 is 6.03 Å². The van der Waals surface area contributed by atoms with Gasteiger partial charge in [0, 0.05) is 29.1 Å². The van der Waals surface area contributed by atoms with Crippen LogP contribution in [0.5, 0.6) is 0 Å². The Morgan fingerprint density at radius 1 is 1.08 bits per heavy atom. The second-order valence-corrected chi connectivity index (χ2v) is 10.5. The van der Waals surface area contributed by atoms with Gasteiger partial charge in [-0.25, -0.2) is 14.8 Å². The molecule has 1 fully saturated rings. The zero-order chi connectivity index (χ0) is 24.9. The van der Waals surface area contributed by atoms with Crippen molar-refractivity contribution in [3.05, 3.63) is 87.4 Å². The molecule has 0 spiro atoms. The van der Waals surface area contributed by atoms with E-state index in [1.807, 2.05) is 61.5 Å². The minimum Gasteiger partial charge on any atom is -0.348 e. The van der Waals surface area contributed by atoms with Crippen molar-refractivity contribution in [3.63, 3.8) is 0 Å². The lowest BCUT2D eigenvalue weighted by Crippen LogP contribution is -2.39. The van der Waals surface area contributed by atoms with Gasteiger partial charge < -0.3 is 10.6 Å². The highest BCUT2D eigenvalue weighted by Gasteiger charge is 2.36. The van der Waals surface area contributed by atoms with Gasteiger partial charge in [0.05, 0.1) is 17.7 Å². The highest BCUT2D eigenvalue weighted by Crippen LogP contribution is 2.40. The predicted molar refractivity (Wildman–Crippen MR) is 144 cm³/mol. The number of aromatic nitrogens is 1. The average molecular weight is 501 g/mol. The van der Waals surface area contributed by atoms with Crippen molar-refractivity contribution < 1.29 is 9.59 Å². The van der Waals surface area contributed by atoms with E-state index in [9.17, 15) is 9.59 Å². The first kappa shape index (κ1) is 24.4. The summed E-state index contributed by atoms with van der Waals surface area (Å²) in [6.07, 6.45) is 6.91. The molecule has 2 heterocycles. The lowest BCUT2D eigenvalue weighted by atomic mass is 9.85. The third-order valence-electron chi connectivity index (χ3n) is 7.21. The van der Waals surface area contributed by atoms with Crippen LogP contribution in [-0.4, -0.2) is 22.6 Å². The fourth-order valence-electron chi connectivity index (χ4n) is 5.28. The summed E-state index contributed by atoms with van der Waals surface area (Å²) >= 11 is 1.66. The minimum absolute atomic E-state index is 0.141. The Balaban J connectivity index is 1.40. The molecule has 1 saturated carbocycles. The second-order valence-electron chi connectivity index (χ2n) is 9.60. The number of nitrogens with one attached hydrogen (secondary N) is 2. The molecule has 3 amide bonds. The number of carbonyl (C=O) groups is 2. The van der Waals surface area contributed by atoms with E-state index in [0.717, 1.165) is 21.8 Å². The maximum Gasteiger partial charge on any atom is 0.341 e. The summed E-state index contributed by atoms with van der Waals surface area (Å²) in [4.78, 5) is 34.9. The molecule has 5 rings (SSSR count). The Morgan fingerprint density at radius 2 is 1.89 bits per heavy atom. The Kier molecular flexibility index (Phi) is 7.56. The van der Waals surface area contributed by atoms with E-state index in [-0.39, 0.29) is 23.9 Å². The zero-order valence-electron chi connectivity index (χ0n) is 20.6. The van der Waals surface area contributed by atoms with Crippen molar-refractivity contribution in [2.75, 3.05) is 0 Å². The molecule has 2 N–H and O–H groups in total. The average Bonchev–Trinajstić information content (AvgIpc) is 3.42. The van der Waals surface area contributed by atoms with Gasteiger partial charge in [-0.05, 0) is 42.5 Å². The molecule has 2 aromatic carbocycles. The van der Waals surface area contributed by atoms with Crippen LogP contribution in [0.3, 0.4) is 0 Å². The molecule has 2 aliphatic rings. The highest BCUT2D eigenvalue weighted by atomic mass is 32.1. The fraction of sp³-hybridized carbons (Fsp3) is 0.379. The zero-order valence-corrected chi connectivity index (χ0v) is 21.4. The molecule has 0 saturated heterocycles. The molecule has 36 heavy (non-hydrogen) atoms. The Morgan fingerprint density at radius 3 is 2.67 bits per heavy atom. The summed E-state index contributed by atoms with van der Waals surface area (Å²) < 4.78 is 0. The van der Waals surface area contributed by atoms with Gasteiger partial charge in [0.15, 0.2) is 0 Å². The van der Waals surface area contributed by atoms with Crippen LogP contribution in [0.4, 0.5) is 4.79 Å². The Hall–Kier alpha value is -3.32. The molecule has 0 bridgehead atoms. The van der Waals surface area contributed by atoms with E-state index in [2.05, 4.69) is 21.0 Å². The van der Waals surface area contributed by atoms with Crippen LogP contribution < -0.4 is 10.6 Å². The number of aliphatic imine (C=N–C) groups is 1. The SMILES string of the molecule is CCC1=NC(=O)NC(c2cccc(C(=O)NCc3ccccc3)c2)C1c1nc(C2CCCCC2)cs1. The molecule has 1 aliphatic carbocycles. The lowest BCUT2D eigenvalue weighted by molar-refractivity contribution is 0.0950. The normalized spacial score (nSPS) is 20.5. The summed E-state index contributed by atoms with van der Waals surface area (Å²) in [5.41, 5.74) is 4.51. The summed E-state index contributed by atoms with van der Waals surface area (Å²) in [7, 11) is 0. The van der Waals surface area contributed by atoms with Crippen molar-refractivity contribution >= 4 is 29.0 Å². The second kappa shape index (κ2) is 11.2. The number of benzene rings is 2. The molecule has 2 unspecified atom stereocenters. The summed E-state index contributed by atoms with van der Waals surface area (Å²) in [5.74, 6) is 0.245. The van der Waals surface area contributed by atoms with Crippen LogP contribution in [0.1, 0.15) is 95.5 Å². The summed E-state index contributed by atoms with van der Waals surface area (Å²) in [6, 6.07) is 16.7. The van der Waals surface area contributed by atoms with Gasteiger partial charge in [-0.2, -0.15) is 0 Å². The quantitative estimate of drug-likeness (QED) is 0.387. The number of amides is 3. The van der Waals surface area contributed by atoms with Crippen LogP contribution in [0.2, 0.25) is 0 Å². The Bertz CT molecular complexity index is 1250. The van der Waals surface area contributed by atoms with Crippen LogP contribution in [0.25, 0.3) is 0 Å². The molecule has 2 atom stereocenters. The fourth-order valence-corrected chi connectivity index (χ4v) is 6.35. The summed E-state index contributed by atoms with van der Waals surface area (Å²) in [5, 5.41) is 9.24. The van der Waals surface area contributed by atoms with E-state index >= 15 is 0 Å². The summed E-state index contributed by atoms with van der Waals surface area (Å²) in [6.45, 7) is 2.49. The molecule has 3 aromatic rings. The Labute approximate surface area is 216 Å². The smallest absolute Gasteiger partial charge is 0.341 e. The van der Waals surface area contributed by atoms with Crippen LogP contribution >= 0.6 is 11.3 Å². The van der Waals surface area contributed by atoms with Crippen LogP contribution in [0.15, 0.2) is 65.0 Å². The highest BCUT2D eigenvalue weighted by molar-refractivity contribution is 7.09. The molecule has 1 aliphatic heterocycles. The number of hydrogen-bond donors (Lipinski definition) is 2. The first-order valence-electron chi connectivity index (χ1n) is 12.9. The van der Waals surface area contributed by atoms with Crippen LogP contribution in [-0.2, 0) is 6.54 Å². The third-order valence-corrected chi connectivity index (χ3v) is 8.16. The van der Waals surface area contributed by atoms with E-state index in [1.165, 1.54) is 37.8 Å². The van der Waals surface area contributed by atoms with Gasteiger partial charge in [-0.1, -0.05) is 68.7 Å². The van der Waals surface area contributed by atoms with Gasteiger partial charge in [0.2, 0.25) is 0 Å². The van der Waals surface area contributed by atoms with Crippen molar-refractivity contribution in [2.24, 2.45) is 4.99 Å². The van der Waals surface area contributed by atoms with Gasteiger partial charge in [-0.3, -0.25) is 4.79 Å². The third kappa shape index (κ3) is 5.41. The first-order chi connectivity index (χ1) is 17.6.